The monoisotopic (exact) mass is 1010 g/mol. The van der Waals surface area contributed by atoms with E-state index in [1.165, 1.54) is 90.7 Å². The molecule has 0 spiro atoms. The lowest BCUT2D eigenvalue weighted by atomic mass is 10.4. The fourth-order valence-electron chi connectivity index (χ4n) is 9.69. The Balaban J connectivity index is 0.000000497. The lowest BCUT2D eigenvalue weighted by Gasteiger charge is -2.35. The molecule has 0 aliphatic rings. The molecule has 0 saturated heterocycles. The van der Waals surface area contributed by atoms with Crippen LogP contribution in [0.4, 0.5) is 0 Å². The number of benzene rings is 3. The summed E-state index contributed by atoms with van der Waals surface area (Å²) < 4.78 is 36.0. The van der Waals surface area contributed by atoms with Crippen molar-refractivity contribution in [1.29, 1.82) is 0 Å². The van der Waals surface area contributed by atoms with E-state index in [-0.39, 0.29) is 11.9 Å². The van der Waals surface area contributed by atoms with Gasteiger partial charge in [0.15, 0.2) is 0 Å². The molecular formula is C52H94O8Si6. The standard InChI is InChI=1S/C18H30O4Si2.C18H34O2Si2.C16H30O2Si2/c1-6-23(7-2,8-3)14-15-24(21-16(4)19,22-17(5)20)18-12-10-9-11-13-18;1-6-19-22(20-7-2,18-14-12-11-13-15-18)17-16-21(8-3,9-4)10-5;1-6-19(7-2,8-3)14-15-20(17-4,18-5)16-12-10-9-11-13-16/h9-13H,6-8,14-15H2,1-5H3;11-15H,6-10,16-17H2,1-5H3;9-13H,6-8,14-15H2,1-5H3. The molecule has 0 amide bonds. The maximum absolute atomic E-state index is 11.8. The fourth-order valence-corrected chi connectivity index (χ4v) is 34.7. The molecule has 0 radical (unpaired) electrons. The summed E-state index contributed by atoms with van der Waals surface area (Å²) in [6.07, 6.45) is 0. The van der Waals surface area contributed by atoms with Gasteiger partial charge in [0.1, 0.15) is 0 Å². The summed E-state index contributed by atoms with van der Waals surface area (Å²) in [6, 6.07) is 49.1. The Morgan fingerprint density at radius 3 is 0.848 bits per heavy atom. The molecule has 0 heterocycles. The van der Waals surface area contributed by atoms with Crippen molar-refractivity contribution in [2.45, 2.75) is 181 Å². The summed E-state index contributed by atoms with van der Waals surface area (Å²) in [5.74, 6) is -0.771. The van der Waals surface area contributed by atoms with Gasteiger partial charge < -0.3 is 26.6 Å². The molecule has 3 rings (SSSR count). The van der Waals surface area contributed by atoms with Gasteiger partial charge in [-0.2, -0.15) is 0 Å². The number of carbonyl (C=O) groups excluding carboxylic acids is 2. The van der Waals surface area contributed by atoms with Crippen molar-refractivity contribution in [3.8, 4) is 0 Å². The number of hydrogen-bond donors (Lipinski definition) is 0. The second-order valence-electron chi connectivity index (χ2n) is 18.0. The molecule has 8 nitrogen and oxygen atoms in total. The topological polar surface area (TPSA) is 89.5 Å². The van der Waals surface area contributed by atoms with Gasteiger partial charge in [-0.3, -0.25) is 9.59 Å². The van der Waals surface area contributed by atoms with Crippen molar-refractivity contribution in [2.75, 3.05) is 27.4 Å². The highest BCUT2D eigenvalue weighted by atomic mass is 28.4. The summed E-state index contributed by atoms with van der Waals surface area (Å²) in [7, 11) is -7.70. The molecule has 0 N–H and O–H groups in total. The zero-order valence-electron chi connectivity index (χ0n) is 44.4. The molecule has 374 valence electrons. The Morgan fingerprint density at radius 1 is 0.364 bits per heavy atom. The molecule has 66 heavy (non-hydrogen) atoms. The third-order valence-electron chi connectivity index (χ3n) is 15.4. The molecule has 0 unspecified atom stereocenters. The fraction of sp³-hybridized carbons (Fsp3) is 0.615. The average molecular weight is 1020 g/mol. The molecule has 0 aliphatic heterocycles. The van der Waals surface area contributed by atoms with Gasteiger partial charge in [-0.25, -0.2) is 0 Å². The highest BCUT2D eigenvalue weighted by Crippen LogP contribution is 2.33. The molecular weight excluding hydrogens is 921 g/mol. The van der Waals surface area contributed by atoms with Crippen LogP contribution in [0.25, 0.3) is 0 Å². The van der Waals surface area contributed by atoms with Crippen LogP contribution in [0.3, 0.4) is 0 Å². The van der Waals surface area contributed by atoms with E-state index >= 15 is 0 Å². The third-order valence-corrected chi connectivity index (χ3v) is 44.7. The van der Waals surface area contributed by atoms with E-state index in [0.29, 0.717) is 6.04 Å². The second-order valence-corrected chi connectivity index (χ2v) is 44.4. The maximum atomic E-state index is 11.8. The smallest absolute Gasteiger partial charge is 0.482 e. The van der Waals surface area contributed by atoms with Crippen LogP contribution >= 0.6 is 0 Å². The van der Waals surface area contributed by atoms with E-state index in [0.717, 1.165) is 36.5 Å². The number of hydrogen-bond acceptors (Lipinski definition) is 8. The minimum absolute atomic E-state index is 0.386. The van der Waals surface area contributed by atoms with Crippen LogP contribution in [-0.2, 0) is 36.1 Å². The summed E-state index contributed by atoms with van der Waals surface area (Å²) in [6.45, 7) is 29.4. The first-order valence-corrected chi connectivity index (χ1v) is 40.1. The highest BCUT2D eigenvalue weighted by Gasteiger charge is 2.48. The third kappa shape index (κ3) is 18.2. The average Bonchev–Trinajstić information content (AvgIpc) is 3.35. The quantitative estimate of drug-likeness (QED) is 0.0636. The minimum Gasteiger partial charge on any atom is -0.482 e. The molecule has 14 heteroatoms. The van der Waals surface area contributed by atoms with E-state index in [1.807, 2.05) is 44.6 Å². The van der Waals surface area contributed by atoms with E-state index in [9.17, 15) is 9.59 Å². The zero-order valence-corrected chi connectivity index (χ0v) is 50.4. The Kier molecular flexibility index (Phi) is 29.7. The van der Waals surface area contributed by atoms with Crippen molar-refractivity contribution in [1.82, 2.24) is 0 Å². The zero-order chi connectivity index (χ0) is 49.8. The van der Waals surface area contributed by atoms with Gasteiger partial charge in [-0.05, 0) is 36.3 Å². The Morgan fingerprint density at radius 2 is 0.606 bits per heavy atom. The van der Waals surface area contributed by atoms with Crippen LogP contribution in [0, 0.1) is 0 Å². The second kappa shape index (κ2) is 31.8. The van der Waals surface area contributed by atoms with Gasteiger partial charge in [-0.15, -0.1) is 0 Å². The van der Waals surface area contributed by atoms with Crippen molar-refractivity contribution >= 4 is 77.4 Å². The largest absolute Gasteiger partial charge is 0.499 e. The van der Waals surface area contributed by atoms with E-state index in [1.54, 1.807) is 0 Å². The Labute approximate surface area is 410 Å². The molecule has 0 aromatic heterocycles. The van der Waals surface area contributed by atoms with Gasteiger partial charge in [0.05, 0.1) is 24.2 Å². The number of rotatable bonds is 29. The van der Waals surface area contributed by atoms with Gasteiger partial charge in [-0.1, -0.05) is 226 Å². The molecule has 3 aromatic carbocycles. The summed E-state index contributed by atoms with van der Waals surface area (Å²) in [5, 5.41) is 3.41. The lowest BCUT2D eigenvalue weighted by molar-refractivity contribution is -0.138. The molecule has 0 bridgehead atoms. The molecule has 0 aliphatic carbocycles. The van der Waals surface area contributed by atoms with Crippen LogP contribution in [0.15, 0.2) is 91.0 Å². The van der Waals surface area contributed by atoms with Crippen LogP contribution in [0.2, 0.25) is 90.7 Å². The Bertz CT molecular complexity index is 1670. The number of carbonyl (C=O) groups is 2. The maximum Gasteiger partial charge on any atom is 0.499 e. The normalized spacial score (nSPS) is 12.3. The predicted octanol–water partition coefficient (Wildman–Crippen LogP) is 13.0. The van der Waals surface area contributed by atoms with E-state index in [2.05, 4.69) is 137 Å². The predicted molar refractivity (Wildman–Crippen MR) is 297 cm³/mol. The van der Waals surface area contributed by atoms with Gasteiger partial charge in [0.25, 0.3) is 11.9 Å². The van der Waals surface area contributed by atoms with Gasteiger partial charge in [0, 0.05) is 52.5 Å². The molecule has 3 aromatic rings. The van der Waals surface area contributed by atoms with Gasteiger partial charge >= 0.3 is 25.7 Å². The van der Waals surface area contributed by atoms with Crippen molar-refractivity contribution in [3.05, 3.63) is 91.0 Å². The summed E-state index contributed by atoms with van der Waals surface area (Å²) >= 11 is 0. The SMILES string of the molecule is CCO[Si](CC[Si](CC)(CC)CC)(OCC)c1ccccc1.CC[Si](CC)(CC)CC[Si](OC(C)=O)(OC(C)=O)c1ccccc1.CC[Si](CC)(CC)CC[Si](OC)(OC)c1ccccc1. The first kappa shape index (κ1) is 61.8. The lowest BCUT2D eigenvalue weighted by Crippen LogP contribution is -2.56. The van der Waals surface area contributed by atoms with Crippen molar-refractivity contribution in [2.24, 2.45) is 0 Å². The van der Waals surface area contributed by atoms with Crippen LogP contribution in [-0.4, -0.2) is 89.3 Å². The van der Waals surface area contributed by atoms with Crippen molar-refractivity contribution in [3.63, 3.8) is 0 Å². The van der Waals surface area contributed by atoms with Crippen LogP contribution < -0.4 is 15.6 Å². The summed E-state index contributed by atoms with van der Waals surface area (Å²) in [5.41, 5.74) is 0. The van der Waals surface area contributed by atoms with Gasteiger partial charge in [0.2, 0.25) is 0 Å². The molecule has 0 fully saturated rings. The highest BCUT2D eigenvalue weighted by molar-refractivity contribution is 6.87. The minimum atomic E-state index is -3.12. The molecule has 0 atom stereocenters. The van der Waals surface area contributed by atoms with E-state index in [4.69, 9.17) is 26.6 Å². The first-order valence-electron chi connectivity index (χ1n) is 25.5. The van der Waals surface area contributed by atoms with Crippen LogP contribution in [0.1, 0.15) is 90.0 Å². The molecule has 0 saturated carbocycles. The summed E-state index contributed by atoms with van der Waals surface area (Å²) in [4.78, 5) is 23.6. The van der Waals surface area contributed by atoms with E-state index < -0.39 is 49.9 Å². The first-order chi connectivity index (χ1) is 31.6. The van der Waals surface area contributed by atoms with Crippen molar-refractivity contribution < 1.29 is 36.1 Å². The Hall–Kier alpha value is -2.26. The van der Waals surface area contributed by atoms with Crippen LogP contribution in [0.5, 0.6) is 0 Å².